The molecule has 0 spiro atoms. The smallest absolute Gasteiger partial charge is 0.302 e. The molecule has 1 atom stereocenters. The van der Waals surface area contributed by atoms with Crippen molar-refractivity contribution in [3.05, 3.63) is 77.3 Å². The van der Waals surface area contributed by atoms with Crippen molar-refractivity contribution >= 4 is 34.4 Å². The normalized spacial score (nSPS) is 17.5. The van der Waals surface area contributed by atoms with Crippen LogP contribution in [0.2, 0.25) is 0 Å². The third-order valence-electron chi connectivity index (χ3n) is 5.74. The van der Waals surface area contributed by atoms with Crippen LogP contribution in [0.4, 0.5) is 5.95 Å². The van der Waals surface area contributed by atoms with Crippen molar-refractivity contribution in [3.63, 3.8) is 0 Å². The molecule has 9 nitrogen and oxygen atoms in total. The molecule has 1 saturated heterocycles. The Balaban J connectivity index is 1.71. The van der Waals surface area contributed by atoms with Gasteiger partial charge in [-0.15, -0.1) is 0 Å². The number of ketones is 1. The first kappa shape index (κ1) is 21.3. The number of rotatable bonds is 5. The lowest BCUT2D eigenvalue weighted by atomic mass is 9.99. The number of amides is 1. The van der Waals surface area contributed by atoms with Gasteiger partial charge in [0.25, 0.3) is 5.78 Å². The molecule has 2 N–H and O–H groups in total. The molecule has 5 rings (SSSR count). The van der Waals surface area contributed by atoms with Gasteiger partial charge < -0.3 is 24.0 Å². The van der Waals surface area contributed by atoms with E-state index in [9.17, 15) is 14.7 Å². The zero-order valence-corrected chi connectivity index (χ0v) is 18.7. The summed E-state index contributed by atoms with van der Waals surface area (Å²) in [5.41, 5.74) is 1.50. The van der Waals surface area contributed by atoms with E-state index < -0.39 is 17.7 Å². The first-order chi connectivity index (χ1) is 16.4. The second-order valence-electron chi connectivity index (χ2n) is 7.76. The SMILES string of the molecule is COc1ccc(/C(O)=C2\C(=O)C(=O)N(c3nc4ccccc4[nH]3)C2c2ccc(C)o2)cc1OC. The molecule has 2 aromatic heterocycles. The number of anilines is 1. The van der Waals surface area contributed by atoms with Gasteiger partial charge in [-0.05, 0) is 49.4 Å². The summed E-state index contributed by atoms with van der Waals surface area (Å²) in [5, 5.41) is 11.2. The van der Waals surface area contributed by atoms with Gasteiger partial charge in [-0.3, -0.25) is 14.5 Å². The second-order valence-corrected chi connectivity index (χ2v) is 7.76. The fourth-order valence-electron chi connectivity index (χ4n) is 4.11. The van der Waals surface area contributed by atoms with Gasteiger partial charge in [-0.25, -0.2) is 4.98 Å². The Morgan fingerprint density at radius 3 is 2.50 bits per heavy atom. The molecule has 3 heterocycles. The third-order valence-corrected chi connectivity index (χ3v) is 5.74. The predicted molar refractivity (Wildman–Crippen MR) is 124 cm³/mol. The molecular weight excluding hydrogens is 438 g/mol. The standard InChI is InChI=1S/C25H21N3O6/c1-13-8-10-18(34-13)21-20(22(29)14-9-11-17(32-2)19(12-14)33-3)23(30)24(31)28(21)25-26-15-6-4-5-7-16(15)27-25/h4-12,21,29H,1-3H3,(H,26,27)/b22-20+. The maximum Gasteiger partial charge on any atom is 0.302 e. The molecule has 9 heteroatoms. The fourth-order valence-corrected chi connectivity index (χ4v) is 4.11. The van der Waals surface area contributed by atoms with E-state index in [1.165, 1.54) is 25.2 Å². The molecule has 2 aromatic carbocycles. The largest absolute Gasteiger partial charge is 0.507 e. The van der Waals surface area contributed by atoms with Crippen LogP contribution in [0, 0.1) is 6.92 Å². The number of hydrogen-bond acceptors (Lipinski definition) is 7. The van der Waals surface area contributed by atoms with Crippen molar-refractivity contribution in [1.82, 2.24) is 9.97 Å². The van der Waals surface area contributed by atoms with Crippen molar-refractivity contribution in [3.8, 4) is 11.5 Å². The lowest BCUT2D eigenvalue weighted by Crippen LogP contribution is -2.30. The summed E-state index contributed by atoms with van der Waals surface area (Å²) in [6.45, 7) is 1.76. The number of aliphatic hydroxyl groups excluding tert-OH is 1. The summed E-state index contributed by atoms with van der Waals surface area (Å²) < 4.78 is 16.4. The number of imidazole rings is 1. The van der Waals surface area contributed by atoms with Crippen molar-refractivity contribution in [2.45, 2.75) is 13.0 Å². The van der Waals surface area contributed by atoms with Crippen LogP contribution in [-0.2, 0) is 9.59 Å². The van der Waals surface area contributed by atoms with Crippen molar-refractivity contribution in [2.75, 3.05) is 19.1 Å². The number of Topliss-reactive ketones (excluding diaryl/α,β-unsaturated/α-hetero) is 1. The van der Waals surface area contributed by atoms with Crippen LogP contribution in [0.1, 0.15) is 23.1 Å². The quantitative estimate of drug-likeness (QED) is 0.262. The molecule has 172 valence electrons. The number of carbonyl (C=O) groups is 2. The molecular formula is C25H21N3O6. The monoisotopic (exact) mass is 459 g/mol. The topological polar surface area (TPSA) is 118 Å². The summed E-state index contributed by atoms with van der Waals surface area (Å²) in [5.74, 6) is -0.142. The number of furan rings is 1. The lowest BCUT2D eigenvalue weighted by molar-refractivity contribution is -0.132. The summed E-state index contributed by atoms with van der Waals surface area (Å²) in [7, 11) is 2.96. The summed E-state index contributed by atoms with van der Waals surface area (Å²) >= 11 is 0. The Morgan fingerprint density at radius 1 is 1.06 bits per heavy atom. The molecule has 1 aliphatic rings. The number of benzene rings is 2. The van der Waals surface area contributed by atoms with E-state index in [1.807, 2.05) is 18.2 Å². The maximum atomic E-state index is 13.2. The molecule has 1 aliphatic heterocycles. The molecule has 0 aliphatic carbocycles. The Labute approximate surface area is 194 Å². The average Bonchev–Trinajstić information content (AvgIpc) is 3.54. The third kappa shape index (κ3) is 3.29. The summed E-state index contributed by atoms with van der Waals surface area (Å²) in [6.07, 6.45) is 0. The Hall–Kier alpha value is -4.53. The van der Waals surface area contributed by atoms with Crippen LogP contribution >= 0.6 is 0 Å². The number of fused-ring (bicyclic) bond motifs is 1. The first-order valence-corrected chi connectivity index (χ1v) is 10.5. The highest BCUT2D eigenvalue weighted by atomic mass is 16.5. The number of aryl methyl sites for hydroxylation is 1. The van der Waals surface area contributed by atoms with Crippen molar-refractivity contribution in [2.24, 2.45) is 0 Å². The Kier molecular flexibility index (Phi) is 5.09. The molecule has 34 heavy (non-hydrogen) atoms. The molecule has 0 radical (unpaired) electrons. The molecule has 1 amide bonds. The van der Waals surface area contributed by atoms with E-state index in [0.717, 1.165) is 0 Å². The maximum absolute atomic E-state index is 13.2. The zero-order valence-electron chi connectivity index (χ0n) is 18.7. The summed E-state index contributed by atoms with van der Waals surface area (Å²) in [6, 6.07) is 14.4. The van der Waals surface area contributed by atoms with Crippen molar-refractivity contribution in [1.29, 1.82) is 0 Å². The number of nitrogens with zero attached hydrogens (tertiary/aromatic N) is 2. The zero-order chi connectivity index (χ0) is 24.0. The predicted octanol–water partition coefficient (Wildman–Crippen LogP) is 4.11. The minimum Gasteiger partial charge on any atom is -0.507 e. The number of aliphatic hydroxyl groups is 1. The van der Waals surface area contributed by atoms with Gasteiger partial charge in [0, 0.05) is 5.56 Å². The number of carbonyl (C=O) groups excluding carboxylic acids is 2. The fraction of sp³-hybridized carbons (Fsp3) is 0.160. The lowest BCUT2D eigenvalue weighted by Gasteiger charge is -2.20. The van der Waals surface area contributed by atoms with E-state index in [1.54, 1.807) is 37.3 Å². The number of aromatic amines is 1. The molecule has 4 aromatic rings. The Morgan fingerprint density at radius 2 is 1.82 bits per heavy atom. The van der Waals surface area contributed by atoms with Crippen LogP contribution in [-0.4, -0.2) is 41.0 Å². The highest BCUT2D eigenvalue weighted by Gasteiger charge is 2.49. The van der Waals surface area contributed by atoms with Crippen LogP contribution in [0.3, 0.4) is 0 Å². The number of para-hydroxylation sites is 2. The molecule has 0 saturated carbocycles. The van der Waals surface area contributed by atoms with E-state index in [4.69, 9.17) is 13.9 Å². The minimum absolute atomic E-state index is 0.118. The van der Waals surface area contributed by atoms with Crippen LogP contribution in [0.5, 0.6) is 11.5 Å². The average molecular weight is 459 g/mol. The number of nitrogens with one attached hydrogen (secondary N) is 1. The summed E-state index contributed by atoms with van der Waals surface area (Å²) in [4.78, 5) is 35.3. The van der Waals surface area contributed by atoms with Gasteiger partial charge in [-0.2, -0.15) is 0 Å². The van der Waals surface area contributed by atoms with E-state index in [2.05, 4.69) is 9.97 Å². The van der Waals surface area contributed by atoms with E-state index in [-0.39, 0.29) is 22.8 Å². The number of ether oxygens (including phenoxy) is 2. The molecule has 1 fully saturated rings. The number of hydrogen-bond donors (Lipinski definition) is 2. The Bertz CT molecular complexity index is 1430. The van der Waals surface area contributed by atoms with E-state index >= 15 is 0 Å². The van der Waals surface area contributed by atoms with Gasteiger partial charge in [0.1, 0.15) is 23.3 Å². The minimum atomic E-state index is -1.03. The number of aromatic nitrogens is 2. The van der Waals surface area contributed by atoms with Crippen LogP contribution < -0.4 is 14.4 Å². The van der Waals surface area contributed by atoms with E-state index in [0.29, 0.717) is 34.1 Å². The second kappa shape index (κ2) is 8.11. The van der Waals surface area contributed by atoms with Gasteiger partial charge in [0.2, 0.25) is 5.95 Å². The van der Waals surface area contributed by atoms with Gasteiger partial charge in [0.05, 0.1) is 30.8 Å². The molecule has 1 unspecified atom stereocenters. The highest BCUT2D eigenvalue weighted by molar-refractivity contribution is 6.51. The first-order valence-electron chi connectivity index (χ1n) is 10.5. The number of methoxy groups -OCH3 is 2. The highest BCUT2D eigenvalue weighted by Crippen LogP contribution is 2.43. The van der Waals surface area contributed by atoms with Gasteiger partial charge in [0.15, 0.2) is 11.5 Å². The molecule has 0 bridgehead atoms. The van der Waals surface area contributed by atoms with Crippen LogP contribution in [0.25, 0.3) is 16.8 Å². The van der Waals surface area contributed by atoms with Crippen LogP contribution in [0.15, 0.2) is 64.6 Å². The number of H-pyrrole nitrogens is 1. The van der Waals surface area contributed by atoms with Gasteiger partial charge >= 0.3 is 5.91 Å². The van der Waals surface area contributed by atoms with Gasteiger partial charge in [-0.1, -0.05) is 12.1 Å². The van der Waals surface area contributed by atoms with Crippen molar-refractivity contribution < 1.29 is 28.6 Å².